The highest BCUT2D eigenvalue weighted by Crippen LogP contribution is 2.31. The SMILES string of the molecule is Cc1cc(=O)oc2cc(O[C@@H](C)C(=O)Nc3ccc(F)cc3)c(Cl)cc12. The molecule has 3 rings (SSSR count). The average molecular weight is 376 g/mol. The third-order valence-electron chi connectivity index (χ3n) is 3.79. The first-order valence-electron chi connectivity index (χ1n) is 7.80. The molecule has 0 radical (unpaired) electrons. The number of fused-ring (bicyclic) bond motifs is 1. The number of ether oxygens (including phenoxy) is 1. The molecule has 5 nitrogen and oxygen atoms in total. The molecule has 26 heavy (non-hydrogen) atoms. The van der Waals surface area contributed by atoms with Gasteiger partial charge in [0.25, 0.3) is 5.91 Å². The van der Waals surface area contributed by atoms with E-state index in [1.807, 2.05) is 0 Å². The topological polar surface area (TPSA) is 68.5 Å². The van der Waals surface area contributed by atoms with Crippen molar-refractivity contribution in [1.82, 2.24) is 0 Å². The largest absolute Gasteiger partial charge is 0.479 e. The fraction of sp³-hybridized carbons (Fsp3) is 0.158. The van der Waals surface area contributed by atoms with Crippen LogP contribution >= 0.6 is 11.6 Å². The summed E-state index contributed by atoms with van der Waals surface area (Å²) < 4.78 is 23.7. The lowest BCUT2D eigenvalue weighted by atomic mass is 10.1. The minimum absolute atomic E-state index is 0.217. The van der Waals surface area contributed by atoms with E-state index in [9.17, 15) is 14.0 Å². The number of aryl methyl sites for hydroxylation is 1. The summed E-state index contributed by atoms with van der Waals surface area (Å²) in [7, 11) is 0. The molecule has 1 amide bonds. The number of halogens is 2. The molecule has 1 heterocycles. The first-order chi connectivity index (χ1) is 12.3. The lowest BCUT2D eigenvalue weighted by Crippen LogP contribution is -2.30. The van der Waals surface area contributed by atoms with Gasteiger partial charge in [0.15, 0.2) is 6.10 Å². The van der Waals surface area contributed by atoms with Crippen LogP contribution in [0.1, 0.15) is 12.5 Å². The zero-order chi connectivity index (χ0) is 18.8. The maximum atomic E-state index is 12.9. The summed E-state index contributed by atoms with van der Waals surface area (Å²) in [4.78, 5) is 23.8. The van der Waals surface area contributed by atoms with Crippen molar-refractivity contribution in [2.24, 2.45) is 0 Å². The Morgan fingerprint density at radius 2 is 1.92 bits per heavy atom. The minimum atomic E-state index is -0.883. The molecule has 0 aliphatic carbocycles. The molecule has 0 aliphatic rings. The number of carbonyl (C=O) groups is 1. The molecule has 1 atom stereocenters. The quantitative estimate of drug-likeness (QED) is 0.690. The molecule has 0 bridgehead atoms. The summed E-state index contributed by atoms with van der Waals surface area (Å²) in [6.07, 6.45) is -0.883. The van der Waals surface area contributed by atoms with Gasteiger partial charge >= 0.3 is 5.63 Å². The molecule has 134 valence electrons. The van der Waals surface area contributed by atoms with Gasteiger partial charge in [0, 0.05) is 23.2 Å². The van der Waals surface area contributed by atoms with Crippen molar-refractivity contribution < 1.29 is 18.3 Å². The number of carbonyl (C=O) groups excluding carboxylic acids is 1. The third-order valence-corrected chi connectivity index (χ3v) is 4.08. The second-order valence-electron chi connectivity index (χ2n) is 5.78. The normalized spacial score (nSPS) is 12.0. The van der Waals surface area contributed by atoms with Gasteiger partial charge in [0.1, 0.15) is 17.1 Å². The van der Waals surface area contributed by atoms with Gasteiger partial charge in [0.2, 0.25) is 0 Å². The van der Waals surface area contributed by atoms with Crippen molar-refractivity contribution in [3.63, 3.8) is 0 Å². The lowest BCUT2D eigenvalue weighted by Gasteiger charge is -2.16. The Morgan fingerprint density at radius 3 is 2.62 bits per heavy atom. The van der Waals surface area contributed by atoms with Crippen molar-refractivity contribution in [3.8, 4) is 5.75 Å². The monoisotopic (exact) mass is 375 g/mol. The lowest BCUT2D eigenvalue weighted by molar-refractivity contribution is -0.122. The van der Waals surface area contributed by atoms with E-state index in [2.05, 4.69) is 5.32 Å². The second kappa shape index (κ2) is 7.17. The molecular formula is C19H15ClFNO4. The molecule has 2 aromatic carbocycles. The Bertz CT molecular complexity index is 1030. The molecule has 1 N–H and O–H groups in total. The number of nitrogens with one attached hydrogen (secondary N) is 1. The van der Waals surface area contributed by atoms with E-state index in [0.29, 0.717) is 16.7 Å². The summed E-state index contributed by atoms with van der Waals surface area (Å²) in [5.41, 5.74) is 1.01. The first-order valence-corrected chi connectivity index (χ1v) is 8.18. The Kier molecular flexibility index (Phi) is 4.95. The molecule has 0 saturated carbocycles. The van der Waals surface area contributed by atoms with Crippen LogP contribution in [0, 0.1) is 12.7 Å². The van der Waals surface area contributed by atoms with Crippen LogP contribution in [0.2, 0.25) is 5.02 Å². The standard InChI is InChI=1S/C19H15ClFNO4/c1-10-7-18(23)26-16-9-17(15(20)8-14(10)16)25-11(2)19(24)22-13-5-3-12(21)4-6-13/h3-9,11H,1-2H3,(H,22,24)/t11-/m0/s1. The van der Waals surface area contributed by atoms with E-state index in [-0.39, 0.29) is 10.8 Å². The minimum Gasteiger partial charge on any atom is -0.479 e. The summed E-state index contributed by atoms with van der Waals surface area (Å²) in [5.74, 6) is -0.611. The van der Waals surface area contributed by atoms with Gasteiger partial charge in [-0.25, -0.2) is 9.18 Å². The maximum absolute atomic E-state index is 12.9. The van der Waals surface area contributed by atoms with Gasteiger partial charge in [-0.2, -0.15) is 0 Å². The van der Waals surface area contributed by atoms with Crippen molar-refractivity contribution in [1.29, 1.82) is 0 Å². The fourth-order valence-electron chi connectivity index (χ4n) is 2.43. The van der Waals surface area contributed by atoms with Crippen LogP contribution in [0.5, 0.6) is 5.75 Å². The molecule has 0 fully saturated rings. The molecule has 7 heteroatoms. The average Bonchev–Trinajstić information content (AvgIpc) is 2.58. The van der Waals surface area contributed by atoms with E-state index in [1.165, 1.54) is 36.4 Å². The fourth-order valence-corrected chi connectivity index (χ4v) is 2.64. The van der Waals surface area contributed by atoms with E-state index in [1.54, 1.807) is 19.9 Å². The molecule has 1 aromatic heterocycles. The summed E-state index contributed by atoms with van der Waals surface area (Å²) in [6.45, 7) is 3.32. The van der Waals surface area contributed by atoms with E-state index < -0.39 is 23.5 Å². The number of benzene rings is 2. The van der Waals surface area contributed by atoms with Crippen LogP contribution in [0.15, 0.2) is 51.7 Å². The highest BCUT2D eigenvalue weighted by atomic mass is 35.5. The van der Waals surface area contributed by atoms with Gasteiger partial charge < -0.3 is 14.5 Å². The number of anilines is 1. The predicted octanol–water partition coefficient (Wildman–Crippen LogP) is 4.30. The van der Waals surface area contributed by atoms with Crippen LogP contribution < -0.4 is 15.7 Å². The van der Waals surface area contributed by atoms with Crippen molar-refractivity contribution in [2.75, 3.05) is 5.32 Å². The van der Waals surface area contributed by atoms with Gasteiger partial charge in [-0.15, -0.1) is 0 Å². The molecule has 0 spiro atoms. The second-order valence-corrected chi connectivity index (χ2v) is 6.19. The van der Waals surface area contributed by atoms with Crippen LogP contribution in [-0.4, -0.2) is 12.0 Å². The van der Waals surface area contributed by atoms with E-state index in [0.717, 1.165) is 5.56 Å². The number of amides is 1. The maximum Gasteiger partial charge on any atom is 0.336 e. The van der Waals surface area contributed by atoms with Crippen molar-refractivity contribution >= 4 is 34.2 Å². The van der Waals surface area contributed by atoms with Gasteiger partial charge in [-0.3, -0.25) is 4.79 Å². The zero-order valence-electron chi connectivity index (χ0n) is 14.0. The Labute approximate surface area is 153 Å². The van der Waals surface area contributed by atoms with Crippen LogP contribution in [0.4, 0.5) is 10.1 Å². The number of hydrogen-bond donors (Lipinski definition) is 1. The molecule has 0 unspecified atom stereocenters. The van der Waals surface area contributed by atoms with Crippen molar-refractivity contribution in [3.05, 3.63) is 69.3 Å². The highest BCUT2D eigenvalue weighted by molar-refractivity contribution is 6.32. The third kappa shape index (κ3) is 3.86. The highest BCUT2D eigenvalue weighted by Gasteiger charge is 2.18. The summed E-state index contributed by atoms with van der Waals surface area (Å²) >= 11 is 6.22. The van der Waals surface area contributed by atoms with Crippen LogP contribution in [-0.2, 0) is 4.79 Å². The molecule has 0 saturated heterocycles. The van der Waals surface area contributed by atoms with Gasteiger partial charge in [-0.1, -0.05) is 11.6 Å². The Balaban J connectivity index is 1.81. The van der Waals surface area contributed by atoms with Gasteiger partial charge in [-0.05, 0) is 49.7 Å². The summed E-state index contributed by atoms with van der Waals surface area (Å²) in [6, 6.07) is 9.85. The number of rotatable bonds is 4. The first kappa shape index (κ1) is 17.9. The smallest absolute Gasteiger partial charge is 0.336 e. The Hall–Kier alpha value is -2.86. The number of hydrogen-bond acceptors (Lipinski definition) is 4. The van der Waals surface area contributed by atoms with E-state index in [4.69, 9.17) is 20.8 Å². The summed E-state index contributed by atoms with van der Waals surface area (Å²) in [5, 5.41) is 3.59. The van der Waals surface area contributed by atoms with Gasteiger partial charge in [0.05, 0.1) is 5.02 Å². The molecule has 0 aliphatic heterocycles. The van der Waals surface area contributed by atoms with E-state index >= 15 is 0 Å². The zero-order valence-corrected chi connectivity index (χ0v) is 14.8. The Morgan fingerprint density at radius 1 is 1.23 bits per heavy atom. The van der Waals surface area contributed by atoms with Crippen LogP contribution in [0.3, 0.4) is 0 Å². The van der Waals surface area contributed by atoms with Crippen molar-refractivity contribution in [2.45, 2.75) is 20.0 Å². The molecular weight excluding hydrogens is 361 g/mol. The molecule has 3 aromatic rings. The van der Waals surface area contributed by atoms with Crippen LogP contribution in [0.25, 0.3) is 11.0 Å². The predicted molar refractivity (Wildman–Crippen MR) is 97.4 cm³/mol.